The number of carbonyl (C=O) groups is 3. The van der Waals surface area contributed by atoms with E-state index in [-0.39, 0.29) is 23.2 Å². The van der Waals surface area contributed by atoms with Crippen molar-refractivity contribution in [3.05, 3.63) is 103 Å². The van der Waals surface area contributed by atoms with E-state index in [1.165, 1.54) is 33.7 Å². The van der Waals surface area contributed by atoms with Crippen molar-refractivity contribution in [2.45, 2.75) is 22.7 Å². The minimum atomic E-state index is -0.792. The van der Waals surface area contributed by atoms with Crippen molar-refractivity contribution in [2.24, 2.45) is 5.92 Å². The summed E-state index contributed by atoms with van der Waals surface area (Å²) in [7, 11) is 0. The van der Waals surface area contributed by atoms with Crippen LogP contribution in [0.1, 0.15) is 16.4 Å². The van der Waals surface area contributed by atoms with Crippen LogP contribution in [0.15, 0.2) is 87.4 Å². The Balaban J connectivity index is 1.39. The van der Waals surface area contributed by atoms with Crippen LogP contribution in [-0.4, -0.2) is 32.5 Å². The van der Waals surface area contributed by atoms with Crippen LogP contribution < -0.4 is 15.1 Å². The van der Waals surface area contributed by atoms with Gasteiger partial charge in [0.15, 0.2) is 0 Å². The molecule has 0 aliphatic carbocycles. The molecule has 1 N–H and O–H groups in total. The summed E-state index contributed by atoms with van der Waals surface area (Å²) in [5.41, 5.74) is 1.56. The fourth-order valence-corrected chi connectivity index (χ4v) is 7.93. The number of rotatable bonds is 5. The van der Waals surface area contributed by atoms with Crippen molar-refractivity contribution >= 4 is 68.1 Å². The molecule has 12 heteroatoms. The molecule has 1 fully saturated rings. The van der Waals surface area contributed by atoms with E-state index >= 15 is 0 Å². The van der Waals surface area contributed by atoms with Gasteiger partial charge in [0.25, 0.3) is 0 Å². The summed E-state index contributed by atoms with van der Waals surface area (Å²) in [6, 6.07) is 15.8. The Morgan fingerprint density at radius 3 is 2.46 bits per heavy atom. The molecule has 4 heterocycles. The van der Waals surface area contributed by atoms with E-state index in [9.17, 15) is 23.6 Å². The standard InChI is InChI=1S/C27H18BrFN4O4S2/c28-15-3-9-18(10-4-15)33-24(35)21-20(14-2-1-11-30-12-14)23-26(38-22(21)25(33)36)32(27(37)39-23)13-19(34)31-17-7-5-16(29)6-8-17/h1-12,20-22H,13H2,(H,31,34)/t20-,21+,22-/m0/s1. The monoisotopic (exact) mass is 624 g/mol. The van der Waals surface area contributed by atoms with Gasteiger partial charge in [-0.2, -0.15) is 0 Å². The molecule has 0 unspecified atom stereocenters. The first kappa shape index (κ1) is 25.7. The topological polar surface area (TPSA) is 101 Å². The number of aromatic nitrogens is 2. The zero-order valence-corrected chi connectivity index (χ0v) is 23.1. The van der Waals surface area contributed by atoms with Crippen LogP contribution in [-0.2, 0) is 20.9 Å². The molecule has 0 saturated carbocycles. The smallest absolute Gasteiger partial charge is 0.308 e. The molecule has 2 aromatic heterocycles. The van der Waals surface area contributed by atoms with Gasteiger partial charge in [0.05, 0.1) is 16.6 Å². The summed E-state index contributed by atoms with van der Waals surface area (Å²) in [6.07, 6.45) is 3.25. The fraction of sp³-hybridized carbons (Fsp3) is 0.148. The van der Waals surface area contributed by atoms with Gasteiger partial charge < -0.3 is 5.32 Å². The van der Waals surface area contributed by atoms with Crippen LogP contribution in [0.4, 0.5) is 15.8 Å². The number of imide groups is 1. The van der Waals surface area contributed by atoms with E-state index < -0.39 is 28.8 Å². The summed E-state index contributed by atoms with van der Waals surface area (Å²) in [5, 5.41) is 2.35. The molecular weight excluding hydrogens is 607 g/mol. The first-order chi connectivity index (χ1) is 18.8. The largest absolute Gasteiger partial charge is 0.325 e. The lowest BCUT2D eigenvalue weighted by Gasteiger charge is -2.30. The van der Waals surface area contributed by atoms with Gasteiger partial charge in [0, 0.05) is 33.3 Å². The Labute approximate surface area is 238 Å². The molecule has 4 aromatic rings. The number of nitrogens with zero attached hydrogens (tertiary/aromatic N) is 3. The fourth-order valence-electron chi connectivity index (χ4n) is 4.90. The SMILES string of the molecule is O=C(Cn1c2c(sc1=O)[C@@H](c1cccnc1)[C@H]1C(=O)N(c3ccc(Br)cc3)C(=O)[C@H]1S2)Nc1ccc(F)cc1. The minimum absolute atomic E-state index is 0.301. The number of halogens is 2. The van der Waals surface area contributed by atoms with Gasteiger partial charge in [-0.05, 0) is 60.2 Å². The van der Waals surface area contributed by atoms with Crippen molar-refractivity contribution in [1.82, 2.24) is 9.55 Å². The molecule has 196 valence electrons. The normalized spacial score (nSPS) is 20.1. The highest BCUT2D eigenvalue weighted by Gasteiger charge is 2.56. The number of hydrogen-bond donors (Lipinski definition) is 1. The second-order valence-electron chi connectivity index (χ2n) is 9.00. The second kappa shape index (κ2) is 10.2. The summed E-state index contributed by atoms with van der Waals surface area (Å²) in [5.74, 6) is -2.97. The van der Waals surface area contributed by atoms with Crippen LogP contribution in [0, 0.1) is 11.7 Å². The number of benzene rings is 2. The molecule has 3 amide bonds. The number of fused-ring (bicyclic) bond motifs is 2. The maximum Gasteiger partial charge on any atom is 0.308 e. The Kier molecular flexibility index (Phi) is 6.69. The highest BCUT2D eigenvalue weighted by Crippen LogP contribution is 2.53. The third-order valence-corrected chi connectivity index (χ3v) is 9.74. The molecule has 6 rings (SSSR count). The number of amides is 3. The number of anilines is 2. The van der Waals surface area contributed by atoms with Crippen molar-refractivity contribution < 1.29 is 18.8 Å². The highest BCUT2D eigenvalue weighted by atomic mass is 79.9. The molecule has 0 spiro atoms. The summed E-state index contributed by atoms with van der Waals surface area (Å²) >= 11 is 5.48. The van der Waals surface area contributed by atoms with Crippen molar-refractivity contribution in [2.75, 3.05) is 10.2 Å². The Morgan fingerprint density at radius 1 is 1.03 bits per heavy atom. The molecule has 0 radical (unpaired) electrons. The quantitative estimate of drug-likeness (QED) is 0.325. The molecule has 8 nitrogen and oxygen atoms in total. The van der Waals surface area contributed by atoms with E-state index in [0.29, 0.717) is 26.8 Å². The van der Waals surface area contributed by atoms with Gasteiger partial charge in [-0.1, -0.05) is 45.1 Å². The minimum Gasteiger partial charge on any atom is -0.325 e. The van der Waals surface area contributed by atoms with Crippen LogP contribution in [0.3, 0.4) is 0 Å². The lowest BCUT2D eigenvalue weighted by molar-refractivity contribution is -0.122. The van der Waals surface area contributed by atoms with Gasteiger partial charge in [0.2, 0.25) is 17.7 Å². The van der Waals surface area contributed by atoms with E-state index in [4.69, 9.17) is 0 Å². The van der Waals surface area contributed by atoms with Gasteiger partial charge in [-0.15, -0.1) is 0 Å². The first-order valence-corrected chi connectivity index (χ1v) is 14.3. The van der Waals surface area contributed by atoms with Gasteiger partial charge in [-0.3, -0.25) is 28.7 Å². The third kappa shape index (κ3) is 4.62. The molecule has 0 bridgehead atoms. The third-order valence-electron chi connectivity index (χ3n) is 6.61. The number of nitrogens with one attached hydrogen (secondary N) is 1. The zero-order chi connectivity index (χ0) is 27.3. The predicted octanol–water partition coefficient (Wildman–Crippen LogP) is 4.64. The Morgan fingerprint density at radius 2 is 1.77 bits per heavy atom. The lowest BCUT2D eigenvalue weighted by Crippen LogP contribution is -2.33. The van der Waals surface area contributed by atoms with E-state index in [0.717, 1.165) is 27.6 Å². The molecule has 2 aliphatic heterocycles. The number of thioether (sulfide) groups is 1. The van der Waals surface area contributed by atoms with E-state index in [1.54, 1.807) is 42.7 Å². The van der Waals surface area contributed by atoms with E-state index in [1.807, 2.05) is 6.07 Å². The summed E-state index contributed by atoms with van der Waals surface area (Å²) in [6.45, 7) is -0.301. The number of thiazole rings is 1. The maximum absolute atomic E-state index is 13.8. The predicted molar refractivity (Wildman–Crippen MR) is 149 cm³/mol. The van der Waals surface area contributed by atoms with E-state index in [2.05, 4.69) is 26.2 Å². The van der Waals surface area contributed by atoms with Crippen LogP contribution in [0.2, 0.25) is 0 Å². The van der Waals surface area contributed by atoms with Gasteiger partial charge >= 0.3 is 4.87 Å². The van der Waals surface area contributed by atoms with Gasteiger partial charge in [0.1, 0.15) is 17.6 Å². The molecule has 3 atom stereocenters. The summed E-state index contributed by atoms with van der Waals surface area (Å²) < 4.78 is 15.4. The molecule has 2 aliphatic rings. The number of hydrogen-bond acceptors (Lipinski definition) is 7. The first-order valence-electron chi connectivity index (χ1n) is 11.8. The molecule has 2 aromatic carbocycles. The van der Waals surface area contributed by atoms with Crippen molar-refractivity contribution in [1.29, 1.82) is 0 Å². The van der Waals surface area contributed by atoms with Crippen LogP contribution >= 0.6 is 39.0 Å². The maximum atomic E-state index is 13.8. The average Bonchev–Trinajstić information content (AvgIpc) is 3.37. The highest BCUT2D eigenvalue weighted by molar-refractivity contribution is 9.10. The second-order valence-corrected chi connectivity index (χ2v) is 12.0. The lowest BCUT2D eigenvalue weighted by atomic mass is 9.84. The molecular formula is C27H18BrFN4O4S2. The summed E-state index contributed by atoms with van der Waals surface area (Å²) in [4.78, 5) is 59.2. The molecule has 39 heavy (non-hydrogen) atoms. The van der Waals surface area contributed by atoms with Crippen molar-refractivity contribution in [3.63, 3.8) is 0 Å². The number of carbonyl (C=O) groups excluding carboxylic acids is 3. The number of pyridine rings is 1. The van der Waals surface area contributed by atoms with Crippen molar-refractivity contribution in [3.8, 4) is 0 Å². The average molecular weight is 626 g/mol. The Bertz CT molecular complexity index is 1660. The van der Waals surface area contributed by atoms with Crippen LogP contribution in [0.25, 0.3) is 0 Å². The Hall–Kier alpha value is -3.61. The zero-order valence-electron chi connectivity index (χ0n) is 19.9. The van der Waals surface area contributed by atoms with Crippen LogP contribution in [0.5, 0.6) is 0 Å². The molecule has 1 saturated heterocycles. The van der Waals surface area contributed by atoms with Gasteiger partial charge in [-0.25, -0.2) is 9.29 Å².